The minimum absolute atomic E-state index is 0.0651. The minimum Gasteiger partial charge on any atom is -0.326 e. The highest BCUT2D eigenvalue weighted by atomic mass is 32.2. The van der Waals surface area contributed by atoms with Gasteiger partial charge in [0.25, 0.3) is 10.0 Å². The second-order valence-corrected chi connectivity index (χ2v) is 5.33. The van der Waals surface area contributed by atoms with E-state index in [0.717, 1.165) is 4.68 Å². The molecule has 100 valence electrons. The first-order chi connectivity index (χ1) is 8.97. The Labute approximate surface area is 109 Å². The average molecular weight is 281 g/mol. The zero-order valence-electron chi connectivity index (χ0n) is 9.94. The Kier molecular flexibility index (Phi) is 3.47. The molecule has 0 atom stereocenters. The van der Waals surface area contributed by atoms with Crippen LogP contribution in [0.5, 0.6) is 0 Å². The van der Waals surface area contributed by atoms with Crippen LogP contribution in [0.4, 0.5) is 5.69 Å². The Hall–Kier alpha value is -2.42. The number of carbonyl (C=O) groups is 1. The maximum absolute atomic E-state index is 12.0. The number of hydrogen-bond donors (Lipinski definition) is 2. The van der Waals surface area contributed by atoms with Crippen LogP contribution in [0.2, 0.25) is 0 Å². The third kappa shape index (κ3) is 3.28. The smallest absolute Gasteiger partial charge is 0.275 e. The summed E-state index contributed by atoms with van der Waals surface area (Å²) in [4.78, 5) is 13.2. The summed E-state index contributed by atoms with van der Waals surface area (Å²) in [6.07, 6.45) is 2.45. The molecule has 2 N–H and O–H groups in total. The molecule has 0 aliphatic carbocycles. The summed E-state index contributed by atoms with van der Waals surface area (Å²) >= 11 is 0. The van der Waals surface area contributed by atoms with E-state index in [0.29, 0.717) is 5.69 Å². The SMILES string of the molecule is CC(=O)Nc1ccc(S(=O)(=O)Nn2cnnc2)cc1. The molecule has 1 aromatic heterocycles. The molecule has 0 fully saturated rings. The summed E-state index contributed by atoms with van der Waals surface area (Å²) in [5.41, 5.74) is 0.524. The molecule has 0 spiro atoms. The maximum atomic E-state index is 12.0. The van der Waals surface area contributed by atoms with Crippen LogP contribution in [0.1, 0.15) is 6.92 Å². The van der Waals surface area contributed by atoms with Gasteiger partial charge in [0.1, 0.15) is 12.7 Å². The number of nitrogens with one attached hydrogen (secondary N) is 2. The molecule has 8 nitrogen and oxygen atoms in total. The number of anilines is 1. The van der Waals surface area contributed by atoms with Gasteiger partial charge in [-0.05, 0) is 24.3 Å². The van der Waals surface area contributed by atoms with Crippen molar-refractivity contribution >= 4 is 21.6 Å². The molecule has 2 aromatic rings. The Morgan fingerprint density at radius 1 is 1.16 bits per heavy atom. The van der Waals surface area contributed by atoms with Crippen LogP contribution in [0.3, 0.4) is 0 Å². The summed E-state index contributed by atoms with van der Waals surface area (Å²) in [5.74, 6) is -0.224. The molecule has 19 heavy (non-hydrogen) atoms. The molecule has 0 aliphatic rings. The van der Waals surface area contributed by atoms with Crippen molar-refractivity contribution < 1.29 is 13.2 Å². The fraction of sp³-hybridized carbons (Fsp3) is 0.100. The highest BCUT2D eigenvalue weighted by molar-refractivity contribution is 7.92. The van der Waals surface area contributed by atoms with Gasteiger partial charge < -0.3 is 5.32 Å². The van der Waals surface area contributed by atoms with E-state index in [1.165, 1.54) is 43.8 Å². The maximum Gasteiger partial charge on any atom is 0.275 e. The van der Waals surface area contributed by atoms with Crippen molar-refractivity contribution in [1.29, 1.82) is 0 Å². The van der Waals surface area contributed by atoms with Crippen LogP contribution >= 0.6 is 0 Å². The summed E-state index contributed by atoms with van der Waals surface area (Å²) in [7, 11) is -3.71. The third-order valence-electron chi connectivity index (χ3n) is 2.13. The molecule has 1 heterocycles. The molecule has 1 amide bonds. The van der Waals surface area contributed by atoms with Crippen molar-refractivity contribution in [3.63, 3.8) is 0 Å². The van der Waals surface area contributed by atoms with Crippen LogP contribution < -0.4 is 10.1 Å². The summed E-state index contributed by atoms with van der Waals surface area (Å²) in [6.45, 7) is 1.37. The highest BCUT2D eigenvalue weighted by Gasteiger charge is 2.13. The number of aromatic nitrogens is 3. The third-order valence-corrected chi connectivity index (χ3v) is 3.47. The van der Waals surface area contributed by atoms with Gasteiger partial charge in [0.05, 0.1) is 4.90 Å². The normalized spacial score (nSPS) is 11.0. The van der Waals surface area contributed by atoms with Crippen LogP contribution in [0.15, 0.2) is 41.8 Å². The lowest BCUT2D eigenvalue weighted by molar-refractivity contribution is -0.114. The van der Waals surface area contributed by atoms with Gasteiger partial charge in [0.2, 0.25) is 5.91 Å². The van der Waals surface area contributed by atoms with Gasteiger partial charge in [-0.2, -0.15) is 8.42 Å². The van der Waals surface area contributed by atoms with E-state index in [1.54, 1.807) is 0 Å². The topological polar surface area (TPSA) is 106 Å². The molecule has 0 bridgehead atoms. The summed E-state index contributed by atoms with van der Waals surface area (Å²) < 4.78 is 25.0. The first-order valence-corrected chi connectivity index (χ1v) is 6.71. The fourth-order valence-corrected chi connectivity index (χ4v) is 2.33. The molecule has 0 aliphatic heterocycles. The lowest BCUT2D eigenvalue weighted by Crippen LogP contribution is -2.22. The van der Waals surface area contributed by atoms with Crippen molar-refractivity contribution in [2.24, 2.45) is 0 Å². The van der Waals surface area contributed by atoms with E-state index in [9.17, 15) is 13.2 Å². The van der Waals surface area contributed by atoms with Crippen molar-refractivity contribution in [2.45, 2.75) is 11.8 Å². The monoisotopic (exact) mass is 281 g/mol. The van der Waals surface area contributed by atoms with E-state index < -0.39 is 10.0 Å². The van der Waals surface area contributed by atoms with Gasteiger partial charge >= 0.3 is 0 Å². The molecular formula is C10H11N5O3S. The molecule has 1 aromatic carbocycles. The Bertz CT molecular complexity index is 664. The Morgan fingerprint density at radius 3 is 2.26 bits per heavy atom. The fourth-order valence-electron chi connectivity index (χ4n) is 1.36. The van der Waals surface area contributed by atoms with Gasteiger partial charge in [-0.3, -0.25) is 4.79 Å². The standard InChI is InChI=1S/C10H11N5O3S/c1-8(16)13-9-2-4-10(5-3-9)19(17,18)14-15-6-11-12-7-15/h2-7,14H,1H3,(H,13,16). The second kappa shape index (κ2) is 5.06. The van der Waals surface area contributed by atoms with Gasteiger partial charge in [-0.25, -0.2) is 9.51 Å². The van der Waals surface area contributed by atoms with Crippen molar-refractivity contribution in [2.75, 3.05) is 10.1 Å². The van der Waals surface area contributed by atoms with E-state index in [-0.39, 0.29) is 10.8 Å². The lowest BCUT2D eigenvalue weighted by Gasteiger charge is -2.08. The average Bonchev–Trinajstić information content (AvgIpc) is 2.81. The zero-order valence-corrected chi connectivity index (χ0v) is 10.8. The Morgan fingerprint density at radius 2 is 1.74 bits per heavy atom. The molecule has 0 radical (unpaired) electrons. The highest BCUT2D eigenvalue weighted by Crippen LogP contribution is 2.14. The number of hydrogen-bond acceptors (Lipinski definition) is 5. The number of benzene rings is 1. The number of carbonyl (C=O) groups excluding carboxylic acids is 1. The molecule has 0 saturated carbocycles. The van der Waals surface area contributed by atoms with Gasteiger partial charge in [-0.15, -0.1) is 10.2 Å². The van der Waals surface area contributed by atoms with E-state index in [2.05, 4.69) is 20.3 Å². The minimum atomic E-state index is -3.71. The van der Waals surface area contributed by atoms with Crippen molar-refractivity contribution in [3.8, 4) is 0 Å². The Balaban J connectivity index is 2.19. The predicted molar refractivity (Wildman–Crippen MR) is 67.3 cm³/mol. The van der Waals surface area contributed by atoms with Crippen LogP contribution in [-0.4, -0.2) is 29.2 Å². The van der Waals surface area contributed by atoms with E-state index in [1.807, 2.05) is 0 Å². The first kappa shape index (κ1) is 13.0. The largest absolute Gasteiger partial charge is 0.326 e. The van der Waals surface area contributed by atoms with E-state index in [4.69, 9.17) is 0 Å². The van der Waals surface area contributed by atoms with Gasteiger partial charge in [0.15, 0.2) is 0 Å². The number of sulfonamides is 1. The number of nitrogens with zero attached hydrogens (tertiary/aromatic N) is 3. The van der Waals surface area contributed by atoms with Crippen molar-refractivity contribution in [3.05, 3.63) is 36.9 Å². The lowest BCUT2D eigenvalue weighted by atomic mass is 10.3. The molecular weight excluding hydrogens is 270 g/mol. The van der Waals surface area contributed by atoms with Gasteiger partial charge in [-0.1, -0.05) is 0 Å². The second-order valence-electron chi connectivity index (χ2n) is 3.67. The van der Waals surface area contributed by atoms with Crippen LogP contribution in [-0.2, 0) is 14.8 Å². The molecule has 2 rings (SSSR count). The van der Waals surface area contributed by atoms with Crippen molar-refractivity contribution in [1.82, 2.24) is 14.9 Å². The van der Waals surface area contributed by atoms with Crippen LogP contribution in [0, 0.1) is 0 Å². The molecule has 0 saturated heterocycles. The predicted octanol–water partition coefficient (Wildman–Crippen LogP) is 0.169. The first-order valence-electron chi connectivity index (χ1n) is 5.22. The zero-order chi connectivity index (χ0) is 13.9. The quantitative estimate of drug-likeness (QED) is 0.831. The summed E-state index contributed by atoms with van der Waals surface area (Å²) in [6, 6.07) is 5.78. The molecule has 9 heteroatoms. The van der Waals surface area contributed by atoms with Crippen LogP contribution in [0.25, 0.3) is 0 Å². The summed E-state index contributed by atoms with van der Waals surface area (Å²) in [5, 5.41) is 9.52. The molecule has 0 unspecified atom stereocenters. The van der Waals surface area contributed by atoms with Gasteiger partial charge in [0, 0.05) is 12.6 Å². The van der Waals surface area contributed by atoms with E-state index >= 15 is 0 Å². The number of amides is 1. The number of rotatable bonds is 4.